The van der Waals surface area contributed by atoms with Crippen molar-refractivity contribution in [2.24, 2.45) is 0 Å². The van der Waals surface area contributed by atoms with Gasteiger partial charge in [0.15, 0.2) is 11.5 Å². The van der Waals surface area contributed by atoms with Crippen LogP contribution in [-0.4, -0.2) is 54.6 Å². The minimum absolute atomic E-state index is 0.334. The van der Waals surface area contributed by atoms with Gasteiger partial charge in [0, 0.05) is 31.6 Å². The molecule has 2 aromatic rings. The molecule has 0 bridgehead atoms. The zero-order valence-corrected chi connectivity index (χ0v) is 18.9. The van der Waals surface area contributed by atoms with Crippen LogP contribution in [0.5, 0.6) is 17.2 Å². The van der Waals surface area contributed by atoms with Crippen molar-refractivity contribution in [2.75, 3.05) is 33.9 Å². The SMILES string of the molecule is COc1ccc(C(O)CN2CCC3(CC2)CC(O)c2cc(C)c(C)cc2O3)cc1OC. The molecule has 1 spiro atoms. The Balaban J connectivity index is 1.40. The molecule has 0 radical (unpaired) electrons. The minimum atomic E-state index is -0.613. The van der Waals surface area contributed by atoms with Crippen LogP contribution in [0.3, 0.4) is 0 Å². The Labute approximate surface area is 184 Å². The highest BCUT2D eigenvalue weighted by Crippen LogP contribution is 2.45. The van der Waals surface area contributed by atoms with Crippen LogP contribution in [0.1, 0.15) is 53.7 Å². The van der Waals surface area contributed by atoms with Gasteiger partial charge in [0.05, 0.1) is 26.4 Å². The van der Waals surface area contributed by atoms with Gasteiger partial charge in [-0.2, -0.15) is 0 Å². The summed E-state index contributed by atoms with van der Waals surface area (Å²) < 4.78 is 17.1. The van der Waals surface area contributed by atoms with Crippen molar-refractivity contribution in [1.29, 1.82) is 0 Å². The topological polar surface area (TPSA) is 71.4 Å². The summed E-state index contributed by atoms with van der Waals surface area (Å²) in [4.78, 5) is 2.26. The smallest absolute Gasteiger partial charge is 0.161 e. The number of ether oxygens (including phenoxy) is 3. The first-order valence-electron chi connectivity index (χ1n) is 10.9. The third-order valence-electron chi connectivity index (χ3n) is 6.87. The number of benzene rings is 2. The molecule has 0 aromatic heterocycles. The highest BCUT2D eigenvalue weighted by Gasteiger charge is 2.43. The summed E-state index contributed by atoms with van der Waals surface area (Å²) in [6.45, 7) is 6.32. The second-order valence-electron chi connectivity index (χ2n) is 8.91. The van der Waals surface area contributed by atoms with Gasteiger partial charge in [-0.3, -0.25) is 0 Å². The number of fused-ring (bicyclic) bond motifs is 1. The maximum atomic E-state index is 10.8. The number of hydrogen-bond acceptors (Lipinski definition) is 6. The first-order valence-corrected chi connectivity index (χ1v) is 10.9. The molecule has 2 aliphatic rings. The summed E-state index contributed by atoms with van der Waals surface area (Å²) in [5.41, 5.74) is 3.73. The lowest BCUT2D eigenvalue weighted by Gasteiger charge is -2.46. The Morgan fingerprint density at radius 3 is 2.42 bits per heavy atom. The van der Waals surface area contributed by atoms with Crippen molar-refractivity contribution >= 4 is 0 Å². The highest BCUT2D eigenvalue weighted by atomic mass is 16.5. The van der Waals surface area contributed by atoms with Crippen LogP contribution in [0, 0.1) is 13.8 Å². The van der Waals surface area contributed by atoms with Gasteiger partial charge in [-0.15, -0.1) is 0 Å². The van der Waals surface area contributed by atoms with Crippen LogP contribution in [0.15, 0.2) is 30.3 Å². The highest BCUT2D eigenvalue weighted by molar-refractivity contribution is 5.45. The molecule has 2 aliphatic heterocycles. The molecule has 0 amide bonds. The zero-order valence-electron chi connectivity index (χ0n) is 18.9. The molecule has 4 rings (SSSR count). The van der Waals surface area contributed by atoms with Gasteiger partial charge in [0.1, 0.15) is 11.4 Å². The zero-order chi connectivity index (χ0) is 22.2. The molecule has 6 nitrogen and oxygen atoms in total. The maximum Gasteiger partial charge on any atom is 0.161 e. The fourth-order valence-electron chi connectivity index (χ4n) is 4.76. The van der Waals surface area contributed by atoms with E-state index in [0.717, 1.165) is 42.8 Å². The van der Waals surface area contributed by atoms with E-state index in [1.165, 1.54) is 11.1 Å². The van der Waals surface area contributed by atoms with E-state index in [2.05, 4.69) is 30.9 Å². The minimum Gasteiger partial charge on any atom is -0.493 e. The molecular formula is C25H33NO5. The fraction of sp³-hybridized carbons (Fsp3) is 0.520. The maximum absolute atomic E-state index is 10.8. The molecule has 0 saturated carbocycles. The van der Waals surface area contributed by atoms with Gasteiger partial charge in [0.25, 0.3) is 0 Å². The predicted octanol–water partition coefficient (Wildman–Crippen LogP) is 3.70. The molecule has 1 saturated heterocycles. The molecule has 168 valence electrons. The molecule has 2 aromatic carbocycles. The van der Waals surface area contributed by atoms with Gasteiger partial charge in [-0.25, -0.2) is 0 Å². The normalized spacial score (nSPS) is 21.3. The Morgan fingerprint density at radius 1 is 1.06 bits per heavy atom. The molecule has 2 unspecified atom stereocenters. The summed E-state index contributed by atoms with van der Waals surface area (Å²) in [5.74, 6) is 2.09. The monoisotopic (exact) mass is 427 g/mol. The number of rotatable bonds is 5. The number of β-amino-alcohol motifs (C(OH)–C–C–N with tert-alkyl or cyclic N) is 1. The van der Waals surface area contributed by atoms with Gasteiger partial charge in [0.2, 0.25) is 0 Å². The summed E-state index contributed by atoms with van der Waals surface area (Å²) >= 11 is 0. The third-order valence-corrected chi connectivity index (χ3v) is 6.87. The molecule has 2 atom stereocenters. The van der Waals surface area contributed by atoms with Gasteiger partial charge in [-0.05, 0) is 67.6 Å². The molecule has 2 N–H and O–H groups in total. The summed E-state index contributed by atoms with van der Waals surface area (Å²) in [6.07, 6.45) is 1.17. The number of nitrogens with zero attached hydrogens (tertiary/aromatic N) is 1. The molecule has 0 aliphatic carbocycles. The van der Waals surface area contributed by atoms with E-state index >= 15 is 0 Å². The Bertz CT molecular complexity index is 936. The predicted molar refractivity (Wildman–Crippen MR) is 119 cm³/mol. The number of aliphatic hydroxyl groups is 2. The molecular weight excluding hydrogens is 394 g/mol. The summed E-state index contributed by atoms with van der Waals surface area (Å²) in [6, 6.07) is 9.63. The van der Waals surface area contributed by atoms with Crippen LogP contribution < -0.4 is 14.2 Å². The Kier molecular flexibility index (Phi) is 6.15. The average Bonchev–Trinajstić information content (AvgIpc) is 2.76. The van der Waals surface area contributed by atoms with Crippen LogP contribution in [-0.2, 0) is 0 Å². The van der Waals surface area contributed by atoms with E-state index in [0.29, 0.717) is 24.5 Å². The average molecular weight is 428 g/mol. The van der Waals surface area contributed by atoms with Crippen molar-refractivity contribution < 1.29 is 24.4 Å². The quantitative estimate of drug-likeness (QED) is 0.758. The fourth-order valence-corrected chi connectivity index (χ4v) is 4.76. The largest absolute Gasteiger partial charge is 0.493 e. The Morgan fingerprint density at radius 2 is 1.74 bits per heavy atom. The second-order valence-corrected chi connectivity index (χ2v) is 8.91. The van der Waals surface area contributed by atoms with E-state index in [1.54, 1.807) is 14.2 Å². The van der Waals surface area contributed by atoms with Crippen LogP contribution in [0.4, 0.5) is 0 Å². The number of aryl methyl sites for hydroxylation is 2. The lowest BCUT2D eigenvalue weighted by atomic mass is 9.81. The van der Waals surface area contributed by atoms with E-state index in [9.17, 15) is 10.2 Å². The Hall–Kier alpha value is -2.28. The molecule has 2 heterocycles. The first kappa shape index (κ1) is 21.9. The summed E-state index contributed by atoms with van der Waals surface area (Å²) in [5, 5.41) is 21.6. The van der Waals surface area contributed by atoms with Crippen LogP contribution >= 0.6 is 0 Å². The van der Waals surface area contributed by atoms with E-state index in [-0.39, 0.29) is 5.60 Å². The molecule has 6 heteroatoms. The van der Waals surface area contributed by atoms with E-state index < -0.39 is 12.2 Å². The van der Waals surface area contributed by atoms with E-state index in [1.807, 2.05) is 18.2 Å². The lowest BCUT2D eigenvalue weighted by Crippen LogP contribution is -2.51. The van der Waals surface area contributed by atoms with Crippen molar-refractivity contribution in [3.8, 4) is 17.2 Å². The van der Waals surface area contributed by atoms with E-state index in [4.69, 9.17) is 14.2 Å². The second kappa shape index (κ2) is 8.69. The first-order chi connectivity index (χ1) is 14.8. The van der Waals surface area contributed by atoms with Crippen molar-refractivity contribution in [3.05, 3.63) is 52.6 Å². The number of aliphatic hydroxyl groups excluding tert-OH is 2. The summed E-state index contributed by atoms with van der Waals surface area (Å²) in [7, 11) is 3.19. The molecule has 1 fully saturated rings. The van der Waals surface area contributed by atoms with Gasteiger partial charge >= 0.3 is 0 Å². The standard InChI is InChI=1S/C25H33NO5/c1-16-11-19-20(27)14-25(31-23(19)12-17(16)2)7-9-26(10-8-25)15-21(28)18-5-6-22(29-3)24(13-18)30-4/h5-6,11-13,20-21,27-28H,7-10,14-15H2,1-4H3. The number of piperidine rings is 1. The molecule has 31 heavy (non-hydrogen) atoms. The van der Waals surface area contributed by atoms with Crippen LogP contribution in [0.2, 0.25) is 0 Å². The van der Waals surface area contributed by atoms with Crippen molar-refractivity contribution in [2.45, 2.75) is 50.9 Å². The number of hydrogen-bond donors (Lipinski definition) is 2. The third kappa shape index (κ3) is 4.38. The van der Waals surface area contributed by atoms with Crippen molar-refractivity contribution in [1.82, 2.24) is 4.90 Å². The van der Waals surface area contributed by atoms with Gasteiger partial charge < -0.3 is 29.3 Å². The number of methoxy groups -OCH3 is 2. The number of likely N-dealkylation sites (tertiary alicyclic amines) is 1. The van der Waals surface area contributed by atoms with Gasteiger partial charge in [-0.1, -0.05) is 6.07 Å². The lowest BCUT2D eigenvalue weighted by molar-refractivity contribution is -0.0588. The van der Waals surface area contributed by atoms with Crippen LogP contribution in [0.25, 0.3) is 0 Å². The van der Waals surface area contributed by atoms with Crippen molar-refractivity contribution in [3.63, 3.8) is 0 Å².